The molecule has 1 aliphatic rings. The summed E-state index contributed by atoms with van der Waals surface area (Å²) in [5.41, 5.74) is -0.0229. The molecule has 1 atom stereocenters. The smallest absolute Gasteiger partial charge is 0.458 e. The molecule has 0 aromatic heterocycles. The first-order chi connectivity index (χ1) is 7.28. The first-order valence-corrected chi connectivity index (χ1v) is 4.38. The second-order valence-electron chi connectivity index (χ2n) is 3.28. The van der Waals surface area contributed by atoms with Crippen molar-refractivity contribution in [2.24, 2.45) is 5.16 Å². The average molecular weight is 241 g/mol. The van der Waals surface area contributed by atoms with E-state index in [4.69, 9.17) is 5.11 Å². The lowest BCUT2D eigenvalue weighted by molar-refractivity contribution is -0.355. The number of rotatable bonds is 3. The maximum absolute atomic E-state index is 12.2. The van der Waals surface area contributed by atoms with Crippen molar-refractivity contribution in [3.63, 3.8) is 0 Å². The Morgan fingerprint density at radius 2 is 2.31 bits per heavy atom. The minimum absolute atomic E-state index is 0.0229. The van der Waals surface area contributed by atoms with E-state index in [9.17, 15) is 18.0 Å². The number of esters is 1. The first kappa shape index (κ1) is 12.8. The molecular weight excluding hydrogens is 231 g/mol. The number of methoxy groups -OCH3 is 1. The molecule has 0 amide bonds. The van der Waals surface area contributed by atoms with E-state index in [1.165, 1.54) is 7.11 Å². The summed E-state index contributed by atoms with van der Waals surface area (Å²) in [6, 6.07) is 0. The van der Waals surface area contributed by atoms with Gasteiger partial charge in [0, 0.05) is 0 Å². The number of nitrogens with zero attached hydrogens (tertiary/aromatic N) is 1. The van der Waals surface area contributed by atoms with Crippen LogP contribution in [0.3, 0.4) is 0 Å². The quantitative estimate of drug-likeness (QED) is 0.747. The summed E-state index contributed by atoms with van der Waals surface area (Å²) in [6.45, 7) is 0. The molecule has 0 aliphatic carbocycles. The zero-order chi connectivity index (χ0) is 12.4. The van der Waals surface area contributed by atoms with Crippen molar-refractivity contribution < 1.29 is 32.6 Å². The van der Waals surface area contributed by atoms with Crippen LogP contribution >= 0.6 is 0 Å². The van der Waals surface area contributed by atoms with Gasteiger partial charge in [-0.1, -0.05) is 5.16 Å². The number of hydrogen-bond acceptors (Lipinski definition) is 5. The SMILES string of the molecule is COC(=O)CCC1=NOC(O)(C(F)(F)F)C1. The maximum Gasteiger partial charge on any atom is 0.458 e. The molecule has 16 heavy (non-hydrogen) atoms. The topological polar surface area (TPSA) is 68.1 Å². The summed E-state index contributed by atoms with van der Waals surface area (Å²) in [4.78, 5) is 14.7. The molecule has 0 aromatic carbocycles. The van der Waals surface area contributed by atoms with Crippen molar-refractivity contribution in [3.05, 3.63) is 0 Å². The highest BCUT2D eigenvalue weighted by Crippen LogP contribution is 2.38. The van der Waals surface area contributed by atoms with E-state index < -0.39 is 24.4 Å². The first-order valence-electron chi connectivity index (χ1n) is 4.38. The minimum Gasteiger partial charge on any atom is -0.469 e. The van der Waals surface area contributed by atoms with Crippen molar-refractivity contribution >= 4 is 11.7 Å². The molecule has 0 saturated heterocycles. The summed E-state index contributed by atoms with van der Waals surface area (Å²) < 4.78 is 41.0. The molecular formula is C8H10F3NO4. The van der Waals surface area contributed by atoms with Crippen LogP contribution in [0.15, 0.2) is 5.16 Å². The van der Waals surface area contributed by atoms with E-state index >= 15 is 0 Å². The van der Waals surface area contributed by atoms with Gasteiger partial charge in [0.25, 0.3) is 0 Å². The van der Waals surface area contributed by atoms with Gasteiger partial charge in [-0.05, 0) is 6.42 Å². The van der Waals surface area contributed by atoms with Crippen molar-refractivity contribution in [1.29, 1.82) is 0 Å². The number of alkyl halides is 3. The number of oxime groups is 1. The minimum atomic E-state index is -4.91. The molecule has 0 bridgehead atoms. The van der Waals surface area contributed by atoms with E-state index in [1.807, 2.05) is 0 Å². The van der Waals surface area contributed by atoms with Crippen LogP contribution in [0, 0.1) is 0 Å². The Kier molecular flexibility index (Phi) is 3.41. The third-order valence-corrected chi connectivity index (χ3v) is 2.06. The lowest BCUT2D eigenvalue weighted by atomic mass is 10.1. The molecule has 1 rings (SSSR count). The van der Waals surface area contributed by atoms with Crippen LogP contribution < -0.4 is 0 Å². The summed E-state index contributed by atoms with van der Waals surface area (Å²) in [5, 5.41) is 12.1. The average Bonchev–Trinajstić information content (AvgIpc) is 2.57. The van der Waals surface area contributed by atoms with Crippen LogP contribution in [0.1, 0.15) is 19.3 Å². The van der Waals surface area contributed by atoms with Gasteiger partial charge in [0.1, 0.15) is 0 Å². The van der Waals surface area contributed by atoms with Crippen LogP contribution in [0.4, 0.5) is 13.2 Å². The Hall–Kier alpha value is -1.31. The van der Waals surface area contributed by atoms with Gasteiger partial charge < -0.3 is 14.7 Å². The van der Waals surface area contributed by atoms with E-state index in [1.54, 1.807) is 0 Å². The lowest BCUT2D eigenvalue weighted by Crippen LogP contribution is -2.45. The molecule has 92 valence electrons. The Balaban J connectivity index is 2.49. The molecule has 1 unspecified atom stereocenters. The number of hydrogen-bond donors (Lipinski definition) is 1. The second-order valence-corrected chi connectivity index (χ2v) is 3.28. The lowest BCUT2D eigenvalue weighted by Gasteiger charge is -2.22. The molecule has 5 nitrogen and oxygen atoms in total. The van der Waals surface area contributed by atoms with Gasteiger partial charge in [-0.2, -0.15) is 13.2 Å². The number of halogens is 3. The van der Waals surface area contributed by atoms with Crippen molar-refractivity contribution in [1.82, 2.24) is 0 Å². The highest BCUT2D eigenvalue weighted by atomic mass is 19.4. The summed E-state index contributed by atoms with van der Waals surface area (Å²) in [6.07, 6.45) is -5.84. The van der Waals surface area contributed by atoms with Crippen LogP contribution in [0.5, 0.6) is 0 Å². The van der Waals surface area contributed by atoms with Crippen molar-refractivity contribution in [3.8, 4) is 0 Å². The van der Waals surface area contributed by atoms with Crippen molar-refractivity contribution in [2.45, 2.75) is 31.2 Å². The van der Waals surface area contributed by atoms with Crippen molar-refractivity contribution in [2.75, 3.05) is 7.11 Å². The van der Waals surface area contributed by atoms with E-state index in [0.717, 1.165) is 0 Å². The maximum atomic E-state index is 12.2. The number of aliphatic hydroxyl groups is 1. The normalized spacial score (nSPS) is 24.9. The molecule has 1 aliphatic heterocycles. The fraction of sp³-hybridized carbons (Fsp3) is 0.750. The third-order valence-electron chi connectivity index (χ3n) is 2.06. The predicted molar refractivity (Wildman–Crippen MR) is 45.4 cm³/mol. The van der Waals surface area contributed by atoms with E-state index in [0.29, 0.717) is 0 Å². The zero-order valence-corrected chi connectivity index (χ0v) is 8.37. The van der Waals surface area contributed by atoms with E-state index in [2.05, 4.69) is 14.7 Å². The largest absolute Gasteiger partial charge is 0.469 e. The predicted octanol–water partition coefficient (Wildman–Crippen LogP) is 0.967. The van der Waals surface area contributed by atoms with Gasteiger partial charge in [0.15, 0.2) is 0 Å². The fourth-order valence-electron chi connectivity index (χ4n) is 1.12. The third kappa shape index (κ3) is 2.63. The molecule has 0 fully saturated rings. The van der Waals surface area contributed by atoms with Gasteiger partial charge in [-0.3, -0.25) is 4.79 Å². The van der Waals surface area contributed by atoms with E-state index in [-0.39, 0.29) is 18.6 Å². The number of carbonyl (C=O) groups excluding carboxylic acids is 1. The monoisotopic (exact) mass is 241 g/mol. The second kappa shape index (κ2) is 4.28. The number of ether oxygens (including phenoxy) is 1. The highest BCUT2D eigenvalue weighted by Gasteiger charge is 2.60. The Labute approximate surface area is 88.8 Å². The molecule has 1 N–H and O–H groups in total. The molecule has 0 saturated carbocycles. The van der Waals surface area contributed by atoms with Crippen LogP contribution in [-0.2, 0) is 14.4 Å². The van der Waals surface area contributed by atoms with Crippen LogP contribution in [0.2, 0.25) is 0 Å². The van der Waals surface area contributed by atoms with Gasteiger partial charge >= 0.3 is 17.9 Å². The fourth-order valence-corrected chi connectivity index (χ4v) is 1.12. The van der Waals surface area contributed by atoms with Gasteiger partial charge in [0.05, 0.1) is 25.7 Å². The molecule has 1 heterocycles. The zero-order valence-electron chi connectivity index (χ0n) is 8.37. The Morgan fingerprint density at radius 3 is 2.75 bits per heavy atom. The molecule has 0 spiro atoms. The summed E-state index contributed by atoms with van der Waals surface area (Å²) >= 11 is 0. The van der Waals surface area contributed by atoms with Gasteiger partial charge in [-0.15, -0.1) is 0 Å². The number of carbonyl (C=O) groups is 1. The summed E-state index contributed by atoms with van der Waals surface area (Å²) in [5.74, 6) is -3.83. The summed E-state index contributed by atoms with van der Waals surface area (Å²) in [7, 11) is 1.17. The molecule has 0 aromatic rings. The highest BCUT2D eigenvalue weighted by molar-refractivity contribution is 5.88. The Morgan fingerprint density at radius 1 is 1.69 bits per heavy atom. The molecule has 8 heteroatoms. The van der Waals surface area contributed by atoms with Gasteiger partial charge in [-0.25, -0.2) is 0 Å². The van der Waals surface area contributed by atoms with Crippen LogP contribution in [0.25, 0.3) is 0 Å². The molecule has 0 radical (unpaired) electrons. The van der Waals surface area contributed by atoms with Crippen LogP contribution in [-0.4, -0.2) is 35.9 Å². The standard InChI is InChI=1S/C8H10F3NO4/c1-15-6(13)3-2-5-4-7(14,16-12-5)8(9,10)11/h14H,2-4H2,1H3. The van der Waals surface area contributed by atoms with Gasteiger partial charge in [0.2, 0.25) is 0 Å². The Bertz CT molecular complexity index is 315.